The van der Waals surface area contributed by atoms with Crippen LogP contribution >= 0.6 is 0 Å². The van der Waals surface area contributed by atoms with Crippen LogP contribution in [0.5, 0.6) is 0 Å². The van der Waals surface area contributed by atoms with Crippen molar-refractivity contribution in [3.8, 4) is 0 Å². The van der Waals surface area contributed by atoms with Crippen LogP contribution in [-0.4, -0.2) is 31.8 Å². The minimum absolute atomic E-state index is 0.380. The molecule has 0 atom stereocenters. The zero-order valence-electron chi connectivity index (χ0n) is 6.63. The van der Waals surface area contributed by atoms with Crippen LogP contribution in [0.3, 0.4) is 0 Å². The molecule has 1 aliphatic rings. The molecule has 0 fully saturated rings. The predicted octanol–water partition coefficient (Wildman–Crippen LogP) is -0.756. The molecular weight excluding hydrogens is 159 g/mol. The van der Waals surface area contributed by atoms with Gasteiger partial charge >= 0.3 is 7.12 Å². The molecule has 0 spiro atoms. The SMILES string of the molecule is CC1=C(O)[SiH2]C(B(O)O)=C1C. The van der Waals surface area contributed by atoms with Crippen molar-refractivity contribution in [2.45, 2.75) is 13.8 Å². The number of rotatable bonds is 1. The van der Waals surface area contributed by atoms with Crippen molar-refractivity contribution in [1.82, 2.24) is 0 Å². The zero-order chi connectivity index (χ0) is 8.59. The minimum atomic E-state index is -1.37. The van der Waals surface area contributed by atoms with E-state index < -0.39 is 16.6 Å². The molecule has 60 valence electrons. The van der Waals surface area contributed by atoms with Gasteiger partial charge in [-0.05, 0) is 24.5 Å². The van der Waals surface area contributed by atoms with E-state index in [1.54, 1.807) is 13.8 Å². The van der Waals surface area contributed by atoms with Gasteiger partial charge in [-0.15, -0.1) is 0 Å². The normalized spacial score (nSPS) is 20.4. The Balaban J connectivity index is 2.93. The van der Waals surface area contributed by atoms with E-state index in [1.165, 1.54) is 0 Å². The molecule has 0 aromatic heterocycles. The van der Waals surface area contributed by atoms with Crippen molar-refractivity contribution >= 4 is 16.6 Å². The number of allylic oxidation sites excluding steroid dienone is 2. The Morgan fingerprint density at radius 2 is 1.73 bits per heavy atom. The molecule has 3 N–H and O–H groups in total. The van der Waals surface area contributed by atoms with Crippen LogP contribution in [0.2, 0.25) is 0 Å². The van der Waals surface area contributed by atoms with Crippen LogP contribution < -0.4 is 0 Å². The fourth-order valence-corrected chi connectivity index (χ4v) is 2.79. The summed E-state index contributed by atoms with van der Waals surface area (Å²) in [6.07, 6.45) is 0. The van der Waals surface area contributed by atoms with Gasteiger partial charge in [-0.1, -0.05) is 5.57 Å². The summed E-state index contributed by atoms with van der Waals surface area (Å²) in [6.45, 7) is 3.60. The van der Waals surface area contributed by atoms with Crippen molar-refractivity contribution in [1.29, 1.82) is 0 Å². The quantitative estimate of drug-likeness (QED) is 0.453. The summed E-state index contributed by atoms with van der Waals surface area (Å²) in [5, 5.41) is 28.0. The number of hydrogen-bond acceptors (Lipinski definition) is 3. The Labute approximate surface area is 68.0 Å². The Kier molecular flexibility index (Phi) is 2.22. The molecule has 0 bridgehead atoms. The van der Waals surface area contributed by atoms with Crippen molar-refractivity contribution in [3.63, 3.8) is 0 Å². The molecule has 0 aromatic rings. The molecule has 0 radical (unpaired) electrons. The van der Waals surface area contributed by atoms with Crippen LogP contribution in [0.25, 0.3) is 0 Å². The largest absolute Gasteiger partial charge is 0.518 e. The number of aliphatic hydroxyl groups is 1. The predicted molar refractivity (Wildman–Crippen MR) is 46.8 cm³/mol. The van der Waals surface area contributed by atoms with Crippen LogP contribution in [0.4, 0.5) is 0 Å². The van der Waals surface area contributed by atoms with Crippen molar-refractivity contribution in [3.05, 3.63) is 21.6 Å². The molecule has 1 heterocycles. The Morgan fingerprint density at radius 1 is 1.18 bits per heavy atom. The summed E-state index contributed by atoms with van der Waals surface area (Å²) in [5.74, 6) is 0. The van der Waals surface area contributed by atoms with Crippen molar-refractivity contribution < 1.29 is 15.2 Å². The summed E-state index contributed by atoms with van der Waals surface area (Å²) < 4.78 is 0. The van der Waals surface area contributed by atoms with Crippen LogP contribution in [0, 0.1) is 0 Å². The highest BCUT2D eigenvalue weighted by Crippen LogP contribution is 2.24. The first kappa shape index (κ1) is 8.58. The Bertz CT molecular complexity index is 244. The fourth-order valence-electron chi connectivity index (χ4n) is 1.19. The first-order chi connectivity index (χ1) is 5.04. The summed E-state index contributed by atoms with van der Waals surface area (Å²) in [6, 6.07) is 0. The highest BCUT2D eigenvalue weighted by Gasteiger charge is 2.26. The summed E-state index contributed by atoms with van der Waals surface area (Å²) in [4.78, 5) is 0. The third kappa shape index (κ3) is 1.40. The average Bonchev–Trinajstić information content (AvgIpc) is 2.17. The van der Waals surface area contributed by atoms with E-state index in [-0.39, 0.29) is 0 Å². The Morgan fingerprint density at radius 3 is 1.91 bits per heavy atom. The van der Waals surface area contributed by atoms with Gasteiger partial charge in [0.15, 0.2) is 0 Å². The van der Waals surface area contributed by atoms with Crippen molar-refractivity contribution in [2.24, 2.45) is 0 Å². The van der Waals surface area contributed by atoms with Gasteiger partial charge in [-0.25, -0.2) is 0 Å². The van der Waals surface area contributed by atoms with E-state index in [1.807, 2.05) is 0 Å². The average molecular weight is 170 g/mol. The summed E-state index contributed by atoms with van der Waals surface area (Å²) >= 11 is 0. The van der Waals surface area contributed by atoms with Gasteiger partial charge in [-0.2, -0.15) is 0 Å². The molecule has 0 saturated carbocycles. The van der Waals surface area contributed by atoms with Gasteiger partial charge in [0.2, 0.25) is 0 Å². The second kappa shape index (κ2) is 2.85. The fraction of sp³-hybridized carbons (Fsp3) is 0.333. The molecule has 0 saturated heterocycles. The molecule has 5 heteroatoms. The lowest BCUT2D eigenvalue weighted by Crippen LogP contribution is -2.20. The van der Waals surface area contributed by atoms with Crippen molar-refractivity contribution in [2.75, 3.05) is 0 Å². The highest BCUT2D eigenvalue weighted by molar-refractivity contribution is 6.77. The molecule has 1 aliphatic heterocycles. The molecule has 0 aromatic carbocycles. The minimum Gasteiger partial charge on any atom is -0.518 e. The van der Waals surface area contributed by atoms with Gasteiger partial charge in [0.05, 0.1) is 5.38 Å². The van der Waals surface area contributed by atoms with E-state index in [9.17, 15) is 5.11 Å². The van der Waals surface area contributed by atoms with Crippen LogP contribution in [0.15, 0.2) is 21.6 Å². The highest BCUT2D eigenvalue weighted by atomic mass is 28.2. The lowest BCUT2D eigenvalue weighted by atomic mass is 9.86. The second-order valence-electron chi connectivity index (χ2n) is 2.77. The van der Waals surface area contributed by atoms with Gasteiger partial charge in [0, 0.05) is 0 Å². The lowest BCUT2D eigenvalue weighted by Gasteiger charge is -2.00. The first-order valence-corrected chi connectivity index (χ1v) is 4.90. The molecule has 11 heavy (non-hydrogen) atoms. The third-order valence-corrected chi connectivity index (χ3v) is 4.29. The first-order valence-electron chi connectivity index (χ1n) is 3.49. The van der Waals surface area contributed by atoms with Gasteiger partial charge in [0.25, 0.3) is 0 Å². The maximum atomic E-state index is 9.26. The molecule has 3 nitrogen and oxygen atoms in total. The number of aliphatic hydroxyl groups excluding tert-OH is 1. The van der Waals surface area contributed by atoms with E-state index >= 15 is 0 Å². The van der Waals surface area contributed by atoms with Crippen LogP contribution in [-0.2, 0) is 0 Å². The van der Waals surface area contributed by atoms with E-state index in [2.05, 4.69) is 0 Å². The number of hydrogen-bond donors (Lipinski definition) is 3. The summed E-state index contributed by atoms with van der Waals surface area (Å²) in [5.41, 5.74) is 1.67. The van der Waals surface area contributed by atoms with Gasteiger partial charge in [0.1, 0.15) is 9.52 Å². The monoisotopic (exact) mass is 170 g/mol. The summed E-state index contributed by atoms with van der Waals surface area (Å²) in [7, 11) is -2.32. The van der Waals surface area contributed by atoms with Gasteiger partial charge < -0.3 is 15.2 Å². The smallest absolute Gasteiger partial charge is 0.480 e. The van der Waals surface area contributed by atoms with E-state index in [4.69, 9.17) is 10.0 Å². The van der Waals surface area contributed by atoms with E-state index in [0.29, 0.717) is 10.5 Å². The molecule has 0 aliphatic carbocycles. The Hall–Kier alpha value is -0.518. The standard InChI is InChI=1S/C6H11BO3Si/c1-3-4(2)6(8)11-5(3)7(9)10/h8-10H,11H2,1-2H3. The van der Waals surface area contributed by atoms with Crippen LogP contribution in [0.1, 0.15) is 13.8 Å². The molecular formula is C6H11BO3Si. The topological polar surface area (TPSA) is 60.7 Å². The molecule has 0 unspecified atom stereocenters. The van der Waals surface area contributed by atoms with Gasteiger partial charge in [-0.3, -0.25) is 0 Å². The molecule has 0 amide bonds. The lowest BCUT2D eigenvalue weighted by molar-refractivity contribution is 0.421. The zero-order valence-corrected chi connectivity index (χ0v) is 8.04. The maximum Gasteiger partial charge on any atom is 0.480 e. The second-order valence-corrected chi connectivity index (χ2v) is 4.56. The maximum absolute atomic E-state index is 9.26. The third-order valence-electron chi connectivity index (χ3n) is 2.15. The molecule has 1 rings (SSSR count). The van der Waals surface area contributed by atoms with E-state index in [0.717, 1.165) is 11.1 Å².